The van der Waals surface area contributed by atoms with Crippen molar-refractivity contribution in [3.8, 4) is 0 Å². The summed E-state index contributed by atoms with van der Waals surface area (Å²) >= 11 is 1.39. The summed E-state index contributed by atoms with van der Waals surface area (Å²) in [5, 5.41) is 6.50. The predicted octanol–water partition coefficient (Wildman–Crippen LogP) is 3.81. The monoisotopic (exact) mass is 431 g/mol. The third kappa shape index (κ3) is 7.22. The standard InChI is InChI=1S/C21H29N5O3S/c1-13-16(17(22)27)18(26-19(24-13)30-5)25-15-10-6-8-14(12-15)9-7-11-23-20(28)29-21(2,3)4/h6,8,10,12H,7,9,11H2,1-5H3,(H2,22,27)(H,23,28)(H,24,25,26). The van der Waals surface area contributed by atoms with Crippen molar-refractivity contribution in [3.05, 3.63) is 41.1 Å². The smallest absolute Gasteiger partial charge is 0.407 e. The van der Waals surface area contributed by atoms with Crippen LogP contribution in [0, 0.1) is 6.92 Å². The van der Waals surface area contributed by atoms with Crippen molar-refractivity contribution >= 4 is 35.3 Å². The zero-order valence-electron chi connectivity index (χ0n) is 18.0. The molecule has 0 aliphatic heterocycles. The lowest BCUT2D eigenvalue weighted by molar-refractivity contribution is 0.0527. The first-order chi connectivity index (χ1) is 14.1. The van der Waals surface area contributed by atoms with Crippen molar-refractivity contribution in [1.82, 2.24) is 15.3 Å². The van der Waals surface area contributed by atoms with Crippen molar-refractivity contribution in [1.29, 1.82) is 0 Å². The third-order valence-electron chi connectivity index (χ3n) is 4.00. The zero-order chi connectivity index (χ0) is 22.3. The lowest BCUT2D eigenvalue weighted by Crippen LogP contribution is -2.33. The van der Waals surface area contributed by atoms with Gasteiger partial charge in [0.25, 0.3) is 5.91 Å². The first-order valence-electron chi connectivity index (χ1n) is 9.64. The van der Waals surface area contributed by atoms with Crippen LogP contribution in [0.2, 0.25) is 0 Å². The minimum atomic E-state index is -0.577. The summed E-state index contributed by atoms with van der Waals surface area (Å²) in [6, 6.07) is 7.80. The van der Waals surface area contributed by atoms with E-state index in [1.54, 1.807) is 6.92 Å². The molecule has 0 aliphatic carbocycles. The average Bonchev–Trinajstić information content (AvgIpc) is 2.63. The molecule has 4 N–H and O–H groups in total. The summed E-state index contributed by atoms with van der Waals surface area (Å²) in [6.45, 7) is 7.74. The van der Waals surface area contributed by atoms with Gasteiger partial charge in [-0.25, -0.2) is 14.8 Å². The maximum absolute atomic E-state index is 11.9. The minimum absolute atomic E-state index is 0.278. The number of rotatable bonds is 8. The molecule has 30 heavy (non-hydrogen) atoms. The van der Waals surface area contributed by atoms with Crippen LogP contribution in [0.25, 0.3) is 0 Å². The quantitative estimate of drug-likeness (QED) is 0.330. The number of nitrogens with zero attached hydrogens (tertiary/aromatic N) is 2. The Kier molecular flexibility index (Phi) is 8.05. The fourth-order valence-corrected chi connectivity index (χ4v) is 3.17. The largest absolute Gasteiger partial charge is 0.444 e. The van der Waals surface area contributed by atoms with Gasteiger partial charge in [0.2, 0.25) is 0 Å². The lowest BCUT2D eigenvalue weighted by atomic mass is 10.1. The van der Waals surface area contributed by atoms with E-state index in [0.29, 0.717) is 23.2 Å². The summed E-state index contributed by atoms with van der Waals surface area (Å²) in [7, 11) is 0. The van der Waals surface area contributed by atoms with Crippen molar-refractivity contribution in [2.24, 2.45) is 5.73 Å². The van der Waals surface area contributed by atoms with Gasteiger partial charge in [0, 0.05) is 12.2 Å². The second kappa shape index (κ2) is 10.3. The molecule has 0 unspecified atom stereocenters. The van der Waals surface area contributed by atoms with E-state index in [-0.39, 0.29) is 5.56 Å². The van der Waals surface area contributed by atoms with Crippen molar-refractivity contribution in [3.63, 3.8) is 0 Å². The van der Waals surface area contributed by atoms with Crippen LogP contribution in [0.15, 0.2) is 29.4 Å². The van der Waals surface area contributed by atoms with Crippen LogP contribution in [-0.2, 0) is 11.2 Å². The van der Waals surface area contributed by atoms with Crippen LogP contribution in [0.1, 0.15) is 48.8 Å². The molecular formula is C21H29N5O3S. The highest BCUT2D eigenvalue weighted by Gasteiger charge is 2.17. The second-order valence-corrected chi connectivity index (χ2v) is 8.51. The van der Waals surface area contributed by atoms with Gasteiger partial charge in [-0.05, 0) is 64.5 Å². The molecule has 0 spiro atoms. The third-order valence-corrected chi connectivity index (χ3v) is 4.55. The Hall–Kier alpha value is -2.81. The number of thioether (sulfide) groups is 1. The number of primary amides is 1. The van der Waals surface area contributed by atoms with E-state index >= 15 is 0 Å². The van der Waals surface area contributed by atoms with Gasteiger partial charge < -0.3 is 21.1 Å². The Bertz CT molecular complexity index is 912. The molecule has 1 aromatic heterocycles. The summed E-state index contributed by atoms with van der Waals surface area (Å²) < 4.78 is 5.22. The van der Waals surface area contributed by atoms with Crippen molar-refractivity contribution in [2.45, 2.75) is 51.3 Å². The fraction of sp³-hybridized carbons (Fsp3) is 0.429. The number of aromatic nitrogens is 2. The maximum Gasteiger partial charge on any atom is 0.407 e. The van der Waals surface area contributed by atoms with Gasteiger partial charge in [-0.15, -0.1) is 0 Å². The molecule has 0 atom stereocenters. The van der Waals surface area contributed by atoms with Crippen molar-refractivity contribution in [2.75, 3.05) is 18.1 Å². The number of ether oxygens (including phenoxy) is 1. The van der Waals surface area contributed by atoms with Crippen LogP contribution in [-0.4, -0.2) is 40.4 Å². The Morgan fingerprint density at radius 3 is 2.60 bits per heavy atom. The van der Waals surface area contributed by atoms with E-state index < -0.39 is 17.6 Å². The lowest BCUT2D eigenvalue weighted by Gasteiger charge is -2.19. The average molecular weight is 432 g/mol. The highest BCUT2D eigenvalue weighted by atomic mass is 32.2. The molecule has 2 amide bonds. The zero-order valence-corrected chi connectivity index (χ0v) is 18.9. The molecule has 0 aliphatic rings. The fourth-order valence-electron chi connectivity index (χ4n) is 2.76. The first-order valence-corrected chi connectivity index (χ1v) is 10.9. The number of hydrogen-bond donors (Lipinski definition) is 3. The normalized spacial score (nSPS) is 11.1. The van der Waals surface area contributed by atoms with E-state index in [0.717, 1.165) is 24.1 Å². The Balaban J connectivity index is 2.02. The molecule has 0 bridgehead atoms. The molecule has 162 valence electrons. The van der Waals surface area contributed by atoms with E-state index in [2.05, 4.69) is 20.6 Å². The Morgan fingerprint density at radius 2 is 1.97 bits per heavy atom. The maximum atomic E-state index is 11.9. The number of nitrogens with one attached hydrogen (secondary N) is 2. The second-order valence-electron chi connectivity index (χ2n) is 7.74. The van der Waals surface area contributed by atoms with Gasteiger partial charge in [0.1, 0.15) is 17.0 Å². The van der Waals surface area contributed by atoms with Crippen LogP contribution >= 0.6 is 11.8 Å². The summed E-state index contributed by atoms with van der Waals surface area (Å²) in [4.78, 5) is 32.3. The van der Waals surface area contributed by atoms with Crippen LogP contribution < -0.4 is 16.4 Å². The number of carbonyl (C=O) groups is 2. The number of hydrogen-bond acceptors (Lipinski definition) is 7. The van der Waals surface area contributed by atoms with E-state index in [4.69, 9.17) is 10.5 Å². The van der Waals surface area contributed by atoms with E-state index in [9.17, 15) is 9.59 Å². The van der Waals surface area contributed by atoms with Crippen LogP contribution in [0.5, 0.6) is 0 Å². The Labute approximate surface area is 181 Å². The van der Waals surface area contributed by atoms with Gasteiger partial charge in [-0.1, -0.05) is 23.9 Å². The summed E-state index contributed by atoms with van der Waals surface area (Å²) in [6.07, 6.45) is 2.99. The molecule has 2 aromatic rings. The van der Waals surface area contributed by atoms with E-state index in [1.807, 2.05) is 51.3 Å². The number of nitrogens with two attached hydrogens (primary N) is 1. The van der Waals surface area contributed by atoms with Crippen LogP contribution in [0.3, 0.4) is 0 Å². The number of carbonyl (C=O) groups excluding carboxylic acids is 2. The molecule has 9 heteroatoms. The van der Waals surface area contributed by atoms with Gasteiger partial charge in [0.05, 0.1) is 5.69 Å². The number of amides is 2. The molecule has 1 aromatic carbocycles. The number of anilines is 2. The predicted molar refractivity (Wildman–Crippen MR) is 119 cm³/mol. The molecule has 0 fully saturated rings. The SMILES string of the molecule is CSc1nc(C)c(C(N)=O)c(Nc2cccc(CCCNC(=O)OC(C)(C)C)c2)n1. The van der Waals surface area contributed by atoms with Crippen molar-refractivity contribution < 1.29 is 14.3 Å². The molecule has 1 heterocycles. The molecule has 8 nitrogen and oxygen atoms in total. The molecule has 0 radical (unpaired) electrons. The highest BCUT2D eigenvalue weighted by molar-refractivity contribution is 7.98. The topological polar surface area (TPSA) is 119 Å². The summed E-state index contributed by atoms with van der Waals surface area (Å²) in [5.74, 6) is -0.185. The molecular weight excluding hydrogens is 402 g/mol. The number of benzene rings is 1. The number of aryl methyl sites for hydroxylation is 2. The van der Waals surface area contributed by atoms with Gasteiger partial charge in [0.15, 0.2) is 5.16 Å². The minimum Gasteiger partial charge on any atom is -0.444 e. The van der Waals surface area contributed by atoms with E-state index in [1.165, 1.54) is 11.8 Å². The molecule has 0 saturated carbocycles. The van der Waals surface area contributed by atoms with Gasteiger partial charge in [-0.2, -0.15) is 0 Å². The first kappa shape index (κ1) is 23.5. The summed E-state index contributed by atoms with van der Waals surface area (Å²) in [5.41, 5.74) is 7.70. The van der Waals surface area contributed by atoms with Crippen LogP contribution in [0.4, 0.5) is 16.3 Å². The molecule has 2 rings (SSSR count). The highest BCUT2D eigenvalue weighted by Crippen LogP contribution is 2.24. The molecule has 0 saturated heterocycles. The Morgan fingerprint density at radius 1 is 1.23 bits per heavy atom. The van der Waals surface area contributed by atoms with Gasteiger partial charge >= 0.3 is 6.09 Å². The van der Waals surface area contributed by atoms with Gasteiger partial charge in [-0.3, -0.25) is 4.79 Å². The number of alkyl carbamates (subject to hydrolysis) is 1.